The Morgan fingerprint density at radius 1 is 1.06 bits per heavy atom. The second-order valence-corrected chi connectivity index (χ2v) is 10.1. The molecule has 1 amide bonds. The Morgan fingerprint density at radius 3 is 2.47 bits per heavy atom. The lowest BCUT2D eigenvalue weighted by atomic mass is 9.95. The maximum Gasteiger partial charge on any atom is 0.288 e. The third-order valence-electron chi connectivity index (χ3n) is 7.73. The van der Waals surface area contributed by atoms with Crippen LogP contribution in [0.15, 0.2) is 54.7 Å². The van der Waals surface area contributed by atoms with Gasteiger partial charge in [-0.3, -0.25) is 4.79 Å². The quantitative estimate of drug-likeness (QED) is 0.498. The van der Waals surface area contributed by atoms with Gasteiger partial charge >= 0.3 is 0 Å². The summed E-state index contributed by atoms with van der Waals surface area (Å²) in [6.45, 7) is 5.18. The minimum absolute atomic E-state index is 0.0340. The van der Waals surface area contributed by atoms with E-state index < -0.39 is 5.91 Å². The van der Waals surface area contributed by atoms with Gasteiger partial charge in [0, 0.05) is 36.7 Å². The standard InChI is InChI=1S/C27H30N6O/c1-17-29-27(26(28)34)30-33(17)24-7-8-25-20(13-24)9-10-32(25)14-18-3-5-19(6-4-18)21-11-22-15-31(2)16-23(22)12-21/h3-10,13,21-23H,11-12,14-16H2,1-2H3,(H2,28,34)/t21?,22-,23+. The Bertz CT molecular complexity index is 1350. The van der Waals surface area contributed by atoms with E-state index in [1.165, 1.54) is 37.1 Å². The Kier molecular flexibility index (Phi) is 5.03. The van der Waals surface area contributed by atoms with Gasteiger partial charge in [-0.2, -0.15) is 0 Å². The number of rotatable bonds is 5. The number of carbonyl (C=O) groups excluding carboxylic acids is 1. The second kappa shape index (κ2) is 8.09. The van der Waals surface area contributed by atoms with Gasteiger partial charge in [0.2, 0.25) is 5.82 Å². The zero-order chi connectivity index (χ0) is 23.4. The molecule has 1 aliphatic heterocycles. The number of nitrogens with zero attached hydrogens (tertiary/aromatic N) is 5. The van der Waals surface area contributed by atoms with Crippen molar-refractivity contribution in [3.8, 4) is 5.69 Å². The van der Waals surface area contributed by atoms with Gasteiger partial charge in [-0.1, -0.05) is 24.3 Å². The predicted molar refractivity (Wildman–Crippen MR) is 132 cm³/mol. The fourth-order valence-electron chi connectivity index (χ4n) is 6.09. The molecule has 2 aromatic carbocycles. The molecular formula is C27H30N6O. The molecule has 7 heteroatoms. The van der Waals surface area contributed by atoms with Crippen LogP contribution in [0.1, 0.15) is 46.3 Å². The first-order chi connectivity index (χ1) is 16.4. The summed E-state index contributed by atoms with van der Waals surface area (Å²) in [4.78, 5) is 18.1. The number of hydrogen-bond acceptors (Lipinski definition) is 4. The highest BCUT2D eigenvalue weighted by molar-refractivity contribution is 5.88. The van der Waals surface area contributed by atoms with Crippen LogP contribution < -0.4 is 5.73 Å². The molecule has 7 nitrogen and oxygen atoms in total. The Hall–Kier alpha value is -3.45. The van der Waals surface area contributed by atoms with E-state index in [0.717, 1.165) is 40.9 Å². The molecule has 2 N–H and O–H groups in total. The van der Waals surface area contributed by atoms with Crippen molar-refractivity contribution in [3.63, 3.8) is 0 Å². The number of hydrogen-bond donors (Lipinski definition) is 1. The number of aromatic nitrogens is 4. The van der Waals surface area contributed by atoms with E-state index in [1.807, 2.05) is 13.0 Å². The maximum absolute atomic E-state index is 11.4. The van der Waals surface area contributed by atoms with E-state index in [-0.39, 0.29) is 5.82 Å². The van der Waals surface area contributed by atoms with Gasteiger partial charge in [-0.25, -0.2) is 9.67 Å². The van der Waals surface area contributed by atoms with Crippen LogP contribution in [0.4, 0.5) is 0 Å². The van der Waals surface area contributed by atoms with Crippen LogP contribution in [0.5, 0.6) is 0 Å². The molecule has 34 heavy (non-hydrogen) atoms. The summed E-state index contributed by atoms with van der Waals surface area (Å²) in [6, 6.07) is 17.6. The second-order valence-electron chi connectivity index (χ2n) is 10.1. The summed E-state index contributed by atoms with van der Waals surface area (Å²) in [5.41, 5.74) is 10.2. The lowest BCUT2D eigenvalue weighted by molar-refractivity contribution is 0.0990. The average molecular weight is 455 g/mol. The van der Waals surface area contributed by atoms with E-state index in [2.05, 4.69) is 75.3 Å². The van der Waals surface area contributed by atoms with E-state index >= 15 is 0 Å². The minimum atomic E-state index is -0.622. The summed E-state index contributed by atoms with van der Waals surface area (Å²) in [5.74, 6) is 2.53. The summed E-state index contributed by atoms with van der Waals surface area (Å²) >= 11 is 0. The molecule has 1 saturated heterocycles. The van der Waals surface area contributed by atoms with E-state index in [0.29, 0.717) is 5.82 Å². The number of fused-ring (bicyclic) bond motifs is 2. The molecule has 1 saturated carbocycles. The van der Waals surface area contributed by atoms with Crippen LogP contribution in [0.25, 0.3) is 16.6 Å². The number of carbonyl (C=O) groups is 1. The molecule has 4 aromatic rings. The van der Waals surface area contributed by atoms with Crippen LogP contribution in [-0.2, 0) is 6.54 Å². The van der Waals surface area contributed by atoms with Crippen molar-refractivity contribution in [2.24, 2.45) is 17.6 Å². The number of benzene rings is 2. The predicted octanol–water partition coefficient (Wildman–Crippen LogP) is 3.73. The molecular weight excluding hydrogens is 424 g/mol. The lowest BCUT2D eigenvalue weighted by Crippen LogP contribution is -2.16. The van der Waals surface area contributed by atoms with Crippen LogP contribution in [0, 0.1) is 18.8 Å². The van der Waals surface area contributed by atoms with Crippen molar-refractivity contribution >= 4 is 16.8 Å². The highest BCUT2D eigenvalue weighted by atomic mass is 16.1. The van der Waals surface area contributed by atoms with Crippen molar-refractivity contribution in [2.75, 3.05) is 20.1 Å². The Balaban J connectivity index is 1.19. The molecule has 174 valence electrons. The van der Waals surface area contributed by atoms with E-state index in [9.17, 15) is 4.79 Å². The number of amides is 1. The SMILES string of the molecule is Cc1nc(C(N)=O)nn1-c1ccc2c(ccn2Cc2ccc(C3C[C@@H]4CN(C)C[C@@H]4C3)cc2)c1. The molecule has 0 bridgehead atoms. The van der Waals surface area contributed by atoms with Gasteiger partial charge in [0.25, 0.3) is 5.91 Å². The smallest absolute Gasteiger partial charge is 0.288 e. The molecule has 0 spiro atoms. The third kappa shape index (κ3) is 3.70. The number of likely N-dealkylation sites (tertiary alicyclic amines) is 1. The topological polar surface area (TPSA) is 82.0 Å². The van der Waals surface area contributed by atoms with Crippen LogP contribution in [0.2, 0.25) is 0 Å². The molecule has 1 aliphatic carbocycles. The highest BCUT2D eigenvalue weighted by Gasteiger charge is 2.39. The molecule has 2 aromatic heterocycles. The summed E-state index contributed by atoms with van der Waals surface area (Å²) in [7, 11) is 2.25. The number of primary amides is 1. The van der Waals surface area contributed by atoms with Crippen molar-refractivity contribution in [1.29, 1.82) is 0 Å². The molecule has 1 unspecified atom stereocenters. The summed E-state index contributed by atoms with van der Waals surface area (Å²) < 4.78 is 3.93. The van der Waals surface area contributed by atoms with E-state index in [1.54, 1.807) is 4.68 Å². The largest absolute Gasteiger partial charge is 0.363 e. The molecule has 3 heterocycles. The van der Waals surface area contributed by atoms with Gasteiger partial charge in [0.1, 0.15) is 5.82 Å². The average Bonchev–Trinajstić information content (AvgIpc) is 3.57. The first-order valence-corrected chi connectivity index (χ1v) is 12.0. The molecule has 0 radical (unpaired) electrons. The van der Waals surface area contributed by atoms with Gasteiger partial charge in [-0.05, 0) is 80.0 Å². The molecule has 6 rings (SSSR count). The Labute approximate surface area is 199 Å². The zero-order valence-electron chi connectivity index (χ0n) is 19.7. The van der Waals surface area contributed by atoms with Gasteiger partial charge in [0.15, 0.2) is 0 Å². The van der Waals surface area contributed by atoms with Gasteiger partial charge in [-0.15, -0.1) is 5.10 Å². The molecule has 2 fully saturated rings. The normalized spacial score (nSPS) is 22.5. The molecule has 3 atom stereocenters. The van der Waals surface area contributed by atoms with Gasteiger partial charge in [0.05, 0.1) is 5.69 Å². The van der Waals surface area contributed by atoms with Crippen molar-refractivity contribution < 1.29 is 4.79 Å². The molecule has 2 aliphatic rings. The van der Waals surface area contributed by atoms with Crippen molar-refractivity contribution in [1.82, 2.24) is 24.2 Å². The maximum atomic E-state index is 11.4. The number of aryl methyl sites for hydroxylation is 1. The highest BCUT2D eigenvalue weighted by Crippen LogP contribution is 2.45. The van der Waals surface area contributed by atoms with Crippen LogP contribution >= 0.6 is 0 Å². The summed E-state index contributed by atoms with van der Waals surface area (Å²) in [5, 5.41) is 5.36. The lowest BCUT2D eigenvalue weighted by Gasteiger charge is -2.15. The minimum Gasteiger partial charge on any atom is -0.363 e. The first-order valence-electron chi connectivity index (χ1n) is 12.0. The fourth-order valence-corrected chi connectivity index (χ4v) is 6.09. The van der Waals surface area contributed by atoms with E-state index in [4.69, 9.17) is 5.73 Å². The van der Waals surface area contributed by atoms with Crippen molar-refractivity contribution in [2.45, 2.75) is 32.2 Å². The van der Waals surface area contributed by atoms with Gasteiger partial charge < -0.3 is 15.2 Å². The monoisotopic (exact) mass is 454 g/mol. The van der Waals surface area contributed by atoms with Crippen molar-refractivity contribution in [3.05, 3.63) is 77.5 Å². The zero-order valence-corrected chi connectivity index (χ0v) is 19.7. The van der Waals surface area contributed by atoms with Crippen LogP contribution in [-0.4, -0.2) is 50.3 Å². The first kappa shape index (κ1) is 21.1. The fraction of sp³-hybridized carbons (Fsp3) is 0.370. The van der Waals surface area contributed by atoms with Crippen LogP contribution in [0.3, 0.4) is 0 Å². The summed E-state index contributed by atoms with van der Waals surface area (Å²) in [6.07, 6.45) is 4.80. The number of nitrogens with two attached hydrogens (primary N) is 1. The third-order valence-corrected chi connectivity index (χ3v) is 7.73. The Morgan fingerprint density at radius 2 is 1.79 bits per heavy atom.